The summed E-state index contributed by atoms with van der Waals surface area (Å²) in [6.45, 7) is 0.596. The Morgan fingerprint density at radius 3 is 2.73 bits per heavy atom. The van der Waals surface area contributed by atoms with E-state index in [4.69, 9.17) is 4.74 Å². The van der Waals surface area contributed by atoms with Crippen molar-refractivity contribution < 1.29 is 13.2 Å². The summed E-state index contributed by atoms with van der Waals surface area (Å²) >= 11 is 0. The first-order chi connectivity index (χ1) is 12.3. The van der Waals surface area contributed by atoms with Gasteiger partial charge in [0.05, 0.1) is 23.4 Å². The van der Waals surface area contributed by atoms with Crippen molar-refractivity contribution in [3.63, 3.8) is 0 Å². The van der Waals surface area contributed by atoms with Gasteiger partial charge in [-0.05, 0) is 43.0 Å². The van der Waals surface area contributed by atoms with Gasteiger partial charge in [-0.25, -0.2) is 12.9 Å². The third-order valence-electron chi connectivity index (χ3n) is 4.55. The molecule has 0 N–H and O–H groups in total. The number of rotatable bonds is 5. The molecule has 136 valence electrons. The van der Waals surface area contributed by atoms with E-state index in [-0.39, 0.29) is 10.5 Å². The zero-order valence-corrected chi connectivity index (χ0v) is 15.4. The fourth-order valence-electron chi connectivity index (χ4n) is 2.88. The molecule has 1 aliphatic carbocycles. The minimum absolute atomic E-state index is 0.175. The van der Waals surface area contributed by atoms with Crippen LogP contribution in [0.4, 0.5) is 0 Å². The van der Waals surface area contributed by atoms with Crippen LogP contribution in [0.15, 0.2) is 46.3 Å². The Bertz CT molecular complexity index is 1160. The second-order valence-electron chi connectivity index (χ2n) is 6.74. The maximum atomic E-state index is 12.3. The maximum absolute atomic E-state index is 12.3. The monoisotopic (exact) mass is 373 g/mol. The minimum atomic E-state index is -3.38. The third kappa shape index (κ3) is 3.01. The van der Waals surface area contributed by atoms with E-state index in [1.165, 1.54) is 15.3 Å². The van der Waals surface area contributed by atoms with Gasteiger partial charge < -0.3 is 9.30 Å². The molecule has 8 heteroatoms. The van der Waals surface area contributed by atoms with Gasteiger partial charge in [0.2, 0.25) is 0 Å². The maximum Gasteiger partial charge on any atom is 0.276 e. The largest absolute Gasteiger partial charge is 0.493 e. The summed E-state index contributed by atoms with van der Waals surface area (Å²) in [6.07, 6.45) is 6.67. The van der Waals surface area contributed by atoms with Crippen LogP contribution < -0.4 is 10.3 Å². The first-order valence-electron chi connectivity index (χ1n) is 8.35. The van der Waals surface area contributed by atoms with Gasteiger partial charge in [-0.2, -0.15) is 5.10 Å². The molecule has 4 rings (SSSR count). The van der Waals surface area contributed by atoms with Crippen LogP contribution in [-0.4, -0.2) is 35.5 Å². The lowest BCUT2D eigenvalue weighted by molar-refractivity contribution is 0.300. The molecule has 2 heterocycles. The third-order valence-corrected chi connectivity index (χ3v) is 5.66. The highest BCUT2D eigenvalue weighted by atomic mass is 32.2. The summed E-state index contributed by atoms with van der Waals surface area (Å²) in [6, 6.07) is 6.44. The standard InChI is InChI=1S/C18H19N3O4S/c1-20-10-16(21-15(18(20)22)7-8-19-21)14-9-13(26(2,23)24)5-6-17(14)25-11-12-3-4-12/h5-10,12H,3-4,11H2,1-2H3. The van der Waals surface area contributed by atoms with Gasteiger partial charge in [0.25, 0.3) is 5.56 Å². The van der Waals surface area contributed by atoms with Crippen LogP contribution in [0, 0.1) is 5.92 Å². The number of ether oxygens (including phenoxy) is 1. The molecule has 0 bridgehead atoms. The van der Waals surface area contributed by atoms with Crippen LogP contribution >= 0.6 is 0 Å². The Morgan fingerprint density at radius 2 is 2.04 bits per heavy atom. The summed E-state index contributed by atoms with van der Waals surface area (Å²) in [4.78, 5) is 12.5. The van der Waals surface area contributed by atoms with Crippen LogP contribution in [0.25, 0.3) is 16.8 Å². The summed E-state index contributed by atoms with van der Waals surface area (Å²) in [5.41, 5.74) is 1.44. The van der Waals surface area contributed by atoms with Gasteiger partial charge in [0, 0.05) is 25.1 Å². The Labute approximate surface area is 150 Å². The number of benzene rings is 1. The van der Waals surface area contributed by atoms with Crippen LogP contribution in [0.2, 0.25) is 0 Å². The van der Waals surface area contributed by atoms with Gasteiger partial charge >= 0.3 is 0 Å². The van der Waals surface area contributed by atoms with Crippen molar-refractivity contribution >= 4 is 15.4 Å². The lowest BCUT2D eigenvalue weighted by atomic mass is 10.1. The highest BCUT2D eigenvalue weighted by Crippen LogP contribution is 2.35. The van der Waals surface area contributed by atoms with E-state index >= 15 is 0 Å². The number of sulfone groups is 1. The number of aromatic nitrogens is 3. The van der Waals surface area contributed by atoms with Gasteiger partial charge in [-0.15, -0.1) is 0 Å². The van der Waals surface area contributed by atoms with Crippen molar-refractivity contribution in [2.45, 2.75) is 17.7 Å². The molecule has 0 unspecified atom stereocenters. The molecule has 0 spiro atoms. The molecule has 0 amide bonds. The van der Waals surface area contributed by atoms with Crippen LogP contribution in [0.5, 0.6) is 5.75 Å². The molecule has 1 saturated carbocycles. The van der Waals surface area contributed by atoms with Crippen LogP contribution in [0.1, 0.15) is 12.8 Å². The molecule has 0 saturated heterocycles. The normalized spacial score (nSPS) is 14.7. The lowest BCUT2D eigenvalue weighted by Gasteiger charge is -2.15. The number of hydrogen-bond donors (Lipinski definition) is 0. The van der Waals surface area contributed by atoms with E-state index in [1.807, 2.05) is 0 Å². The summed E-state index contributed by atoms with van der Waals surface area (Å²) in [5, 5.41) is 4.24. The van der Waals surface area contributed by atoms with E-state index in [0.29, 0.717) is 35.0 Å². The summed E-state index contributed by atoms with van der Waals surface area (Å²) in [5.74, 6) is 1.14. The molecule has 0 atom stereocenters. The van der Waals surface area contributed by atoms with E-state index in [2.05, 4.69) is 5.10 Å². The first-order valence-corrected chi connectivity index (χ1v) is 10.2. The topological polar surface area (TPSA) is 82.7 Å². The van der Waals surface area contributed by atoms with Crippen molar-refractivity contribution in [1.82, 2.24) is 14.2 Å². The Balaban J connectivity index is 1.94. The fraction of sp³-hybridized carbons (Fsp3) is 0.333. The second-order valence-corrected chi connectivity index (χ2v) is 8.76. The number of hydrogen-bond acceptors (Lipinski definition) is 5. The quantitative estimate of drug-likeness (QED) is 0.682. The predicted molar refractivity (Wildman–Crippen MR) is 97.2 cm³/mol. The summed E-state index contributed by atoms with van der Waals surface area (Å²) in [7, 11) is -1.72. The molecule has 0 radical (unpaired) electrons. The Kier molecular flexibility index (Phi) is 3.87. The number of fused-ring (bicyclic) bond motifs is 1. The smallest absolute Gasteiger partial charge is 0.276 e. The number of nitrogens with zero attached hydrogens (tertiary/aromatic N) is 3. The predicted octanol–water partition coefficient (Wildman–Crippen LogP) is 1.89. The molecule has 1 aromatic carbocycles. The molecule has 0 aliphatic heterocycles. The molecular formula is C18H19N3O4S. The fourth-order valence-corrected chi connectivity index (χ4v) is 3.52. The zero-order valence-electron chi connectivity index (χ0n) is 14.5. The number of aryl methyl sites for hydroxylation is 1. The van der Waals surface area contributed by atoms with E-state index in [0.717, 1.165) is 12.8 Å². The molecule has 1 fully saturated rings. The van der Waals surface area contributed by atoms with Gasteiger partial charge in [-0.1, -0.05) is 0 Å². The van der Waals surface area contributed by atoms with Crippen molar-refractivity contribution in [1.29, 1.82) is 0 Å². The Morgan fingerprint density at radius 1 is 1.27 bits per heavy atom. The van der Waals surface area contributed by atoms with Crippen LogP contribution in [0.3, 0.4) is 0 Å². The second kappa shape index (κ2) is 5.98. The molecule has 3 aromatic rings. The highest BCUT2D eigenvalue weighted by Gasteiger charge is 2.23. The molecule has 2 aromatic heterocycles. The van der Waals surface area contributed by atoms with E-state index in [1.54, 1.807) is 43.7 Å². The SMILES string of the molecule is Cn1cc(-c2cc(S(C)(=O)=O)ccc2OCC2CC2)n2nccc2c1=O. The van der Waals surface area contributed by atoms with Crippen molar-refractivity contribution in [2.75, 3.05) is 12.9 Å². The highest BCUT2D eigenvalue weighted by molar-refractivity contribution is 7.90. The van der Waals surface area contributed by atoms with Gasteiger partial charge in [0.15, 0.2) is 9.84 Å². The molecule has 26 heavy (non-hydrogen) atoms. The zero-order chi connectivity index (χ0) is 18.5. The van der Waals surface area contributed by atoms with Crippen molar-refractivity contribution in [3.05, 3.63) is 47.0 Å². The average molecular weight is 373 g/mol. The summed E-state index contributed by atoms with van der Waals surface area (Å²) < 4.78 is 33.0. The van der Waals surface area contributed by atoms with Crippen molar-refractivity contribution in [3.8, 4) is 17.0 Å². The van der Waals surface area contributed by atoms with Gasteiger partial charge in [-0.3, -0.25) is 4.79 Å². The lowest BCUT2D eigenvalue weighted by Crippen LogP contribution is -2.19. The minimum Gasteiger partial charge on any atom is -0.493 e. The molecule has 1 aliphatic rings. The van der Waals surface area contributed by atoms with Crippen LogP contribution in [-0.2, 0) is 16.9 Å². The van der Waals surface area contributed by atoms with E-state index < -0.39 is 9.84 Å². The Hall–Kier alpha value is -2.61. The molecular weight excluding hydrogens is 354 g/mol. The van der Waals surface area contributed by atoms with E-state index in [9.17, 15) is 13.2 Å². The first kappa shape index (κ1) is 16.8. The molecule has 7 nitrogen and oxygen atoms in total. The van der Waals surface area contributed by atoms with Gasteiger partial charge in [0.1, 0.15) is 11.3 Å². The average Bonchev–Trinajstić information content (AvgIpc) is 3.29. The van der Waals surface area contributed by atoms with Crippen molar-refractivity contribution in [2.24, 2.45) is 13.0 Å².